The van der Waals surface area contributed by atoms with Gasteiger partial charge in [0, 0.05) is 23.8 Å². The van der Waals surface area contributed by atoms with Gasteiger partial charge in [-0.1, -0.05) is 0 Å². The maximum atomic E-state index is 12.7. The molecular weight excluding hydrogens is 352 g/mol. The summed E-state index contributed by atoms with van der Waals surface area (Å²) in [7, 11) is 4.55. The first-order chi connectivity index (χ1) is 13.1. The quantitative estimate of drug-likeness (QED) is 0.682. The Kier molecular flexibility index (Phi) is 5.52. The number of rotatable bonds is 7. The van der Waals surface area contributed by atoms with Crippen LogP contribution >= 0.6 is 0 Å². The van der Waals surface area contributed by atoms with Crippen molar-refractivity contribution >= 4 is 11.0 Å². The Bertz CT molecular complexity index is 1010. The molecule has 0 aliphatic heterocycles. The molecule has 7 nitrogen and oxygen atoms in total. The maximum Gasteiger partial charge on any atom is 0.197 e. The van der Waals surface area contributed by atoms with Crippen molar-refractivity contribution in [1.82, 2.24) is 0 Å². The van der Waals surface area contributed by atoms with Gasteiger partial charge in [-0.15, -0.1) is 0 Å². The fraction of sp³-hybridized carbons (Fsp3) is 0.250. The molecule has 0 saturated heterocycles. The smallest absolute Gasteiger partial charge is 0.197 e. The SMILES string of the molecule is COc1ccc(-c2cc(=O)c3c(OC)cc(OCCO)cc3o2)cc1OC. The fourth-order valence-electron chi connectivity index (χ4n) is 2.77. The van der Waals surface area contributed by atoms with Crippen LogP contribution in [-0.2, 0) is 0 Å². The first-order valence-electron chi connectivity index (χ1n) is 8.23. The van der Waals surface area contributed by atoms with Gasteiger partial charge in [0.1, 0.15) is 34.8 Å². The Balaban J connectivity index is 2.16. The van der Waals surface area contributed by atoms with E-state index in [1.54, 1.807) is 37.4 Å². The van der Waals surface area contributed by atoms with E-state index in [0.29, 0.717) is 45.3 Å². The molecule has 3 rings (SSSR count). The van der Waals surface area contributed by atoms with Crippen LogP contribution in [0.2, 0.25) is 0 Å². The fourth-order valence-corrected chi connectivity index (χ4v) is 2.77. The lowest BCUT2D eigenvalue weighted by Crippen LogP contribution is -2.05. The molecule has 1 heterocycles. The van der Waals surface area contributed by atoms with Crippen LogP contribution in [0.1, 0.15) is 0 Å². The average Bonchev–Trinajstić information content (AvgIpc) is 2.70. The van der Waals surface area contributed by atoms with E-state index in [1.165, 1.54) is 20.3 Å². The van der Waals surface area contributed by atoms with E-state index in [4.69, 9.17) is 28.5 Å². The second-order valence-corrected chi connectivity index (χ2v) is 5.62. The zero-order valence-electron chi connectivity index (χ0n) is 15.3. The number of aliphatic hydroxyl groups excluding tert-OH is 1. The van der Waals surface area contributed by atoms with Crippen LogP contribution in [-0.4, -0.2) is 39.6 Å². The highest BCUT2D eigenvalue weighted by Crippen LogP contribution is 2.35. The molecule has 1 aromatic heterocycles. The molecule has 0 aliphatic rings. The van der Waals surface area contributed by atoms with Crippen molar-refractivity contribution in [2.45, 2.75) is 0 Å². The van der Waals surface area contributed by atoms with Crippen LogP contribution in [0, 0.1) is 0 Å². The molecule has 7 heteroatoms. The first-order valence-corrected chi connectivity index (χ1v) is 8.23. The molecule has 0 fully saturated rings. The van der Waals surface area contributed by atoms with Gasteiger partial charge in [0.15, 0.2) is 16.9 Å². The number of benzene rings is 2. The molecule has 1 N–H and O–H groups in total. The molecule has 0 aliphatic carbocycles. The number of fused-ring (bicyclic) bond motifs is 1. The highest BCUT2D eigenvalue weighted by Gasteiger charge is 2.15. The summed E-state index contributed by atoms with van der Waals surface area (Å²) in [5.74, 6) is 2.24. The van der Waals surface area contributed by atoms with Crippen LogP contribution in [0.15, 0.2) is 45.6 Å². The van der Waals surface area contributed by atoms with Crippen molar-refractivity contribution in [3.8, 4) is 34.3 Å². The number of ether oxygens (including phenoxy) is 4. The van der Waals surface area contributed by atoms with Crippen LogP contribution in [0.3, 0.4) is 0 Å². The molecule has 0 saturated carbocycles. The van der Waals surface area contributed by atoms with E-state index in [0.717, 1.165) is 0 Å². The normalized spacial score (nSPS) is 10.7. The molecule has 142 valence electrons. The van der Waals surface area contributed by atoms with Crippen LogP contribution < -0.4 is 24.4 Å². The van der Waals surface area contributed by atoms with Crippen molar-refractivity contribution < 1.29 is 28.5 Å². The zero-order valence-corrected chi connectivity index (χ0v) is 15.3. The second-order valence-electron chi connectivity index (χ2n) is 5.62. The Morgan fingerprint density at radius 3 is 2.33 bits per heavy atom. The lowest BCUT2D eigenvalue weighted by Gasteiger charge is -2.12. The Morgan fingerprint density at radius 1 is 0.926 bits per heavy atom. The summed E-state index contributed by atoms with van der Waals surface area (Å²) in [6.45, 7) is -0.00968. The Morgan fingerprint density at radius 2 is 1.67 bits per heavy atom. The molecule has 0 bridgehead atoms. The third kappa shape index (κ3) is 3.68. The standard InChI is InChI=1S/C20H20O7/c1-23-15-5-4-12(8-17(15)24-2)16-11-14(22)20-18(25-3)9-13(26-7-6-21)10-19(20)27-16/h4-5,8-11,21H,6-7H2,1-3H3. The average molecular weight is 372 g/mol. The molecule has 3 aromatic rings. The van der Waals surface area contributed by atoms with E-state index in [2.05, 4.69) is 0 Å². The summed E-state index contributed by atoms with van der Waals surface area (Å²) in [5.41, 5.74) is 0.735. The molecule has 2 aromatic carbocycles. The highest BCUT2D eigenvalue weighted by molar-refractivity contribution is 5.86. The van der Waals surface area contributed by atoms with Gasteiger partial charge in [0.05, 0.1) is 27.9 Å². The monoisotopic (exact) mass is 372 g/mol. The first kappa shape index (κ1) is 18.6. The minimum atomic E-state index is -0.244. The molecule has 0 amide bonds. The minimum absolute atomic E-state index is 0.119. The Hall–Kier alpha value is -3.19. The molecule has 0 radical (unpaired) electrons. The summed E-state index contributed by atoms with van der Waals surface area (Å²) in [5, 5.41) is 9.26. The summed E-state index contributed by atoms with van der Waals surface area (Å²) in [4.78, 5) is 12.7. The van der Waals surface area contributed by atoms with E-state index < -0.39 is 0 Å². The van der Waals surface area contributed by atoms with Crippen molar-refractivity contribution in [2.24, 2.45) is 0 Å². The van der Waals surface area contributed by atoms with E-state index in [9.17, 15) is 4.79 Å². The van der Waals surface area contributed by atoms with Crippen LogP contribution in [0.4, 0.5) is 0 Å². The number of aliphatic hydroxyl groups is 1. The van der Waals surface area contributed by atoms with Gasteiger partial charge < -0.3 is 28.5 Å². The van der Waals surface area contributed by atoms with Crippen molar-refractivity contribution in [3.05, 3.63) is 46.6 Å². The molecule has 0 unspecified atom stereocenters. The van der Waals surface area contributed by atoms with Gasteiger partial charge in [-0.3, -0.25) is 4.79 Å². The van der Waals surface area contributed by atoms with E-state index in [-0.39, 0.29) is 18.6 Å². The molecule has 27 heavy (non-hydrogen) atoms. The third-order valence-corrected chi connectivity index (χ3v) is 4.02. The van der Waals surface area contributed by atoms with Crippen LogP contribution in [0.5, 0.6) is 23.0 Å². The number of hydrogen-bond acceptors (Lipinski definition) is 7. The van der Waals surface area contributed by atoms with Gasteiger partial charge in [-0.2, -0.15) is 0 Å². The maximum absolute atomic E-state index is 12.7. The number of methoxy groups -OCH3 is 3. The molecule has 0 atom stereocenters. The molecular formula is C20H20O7. The predicted octanol–water partition coefficient (Wildman–Crippen LogP) is 2.86. The molecule has 0 spiro atoms. The lowest BCUT2D eigenvalue weighted by atomic mass is 10.1. The van der Waals surface area contributed by atoms with Crippen molar-refractivity contribution in [2.75, 3.05) is 34.5 Å². The summed E-state index contributed by atoms with van der Waals surface area (Å²) < 4.78 is 27.2. The van der Waals surface area contributed by atoms with Gasteiger partial charge in [-0.05, 0) is 18.2 Å². The topological polar surface area (TPSA) is 87.4 Å². The second kappa shape index (κ2) is 8.01. The minimum Gasteiger partial charge on any atom is -0.496 e. The Labute approximate surface area is 155 Å². The van der Waals surface area contributed by atoms with E-state index in [1.807, 2.05) is 0 Å². The summed E-state index contributed by atoms with van der Waals surface area (Å²) >= 11 is 0. The van der Waals surface area contributed by atoms with Gasteiger partial charge in [0.2, 0.25) is 0 Å². The van der Waals surface area contributed by atoms with Crippen LogP contribution in [0.25, 0.3) is 22.3 Å². The third-order valence-electron chi connectivity index (χ3n) is 4.02. The highest BCUT2D eigenvalue weighted by atomic mass is 16.5. The van der Waals surface area contributed by atoms with Gasteiger partial charge in [-0.25, -0.2) is 0 Å². The van der Waals surface area contributed by atoms with Gasteiger partial charge in [0.25, 0.3) is 0 Å². The lowest BCUT2D eigenvalue weighted by molar-refractivity contribution is 0.201. The predicted molar refractivity (Wildman–Crippen MR) is 100 cm³/mol. The summed E-state index contributed by atoms with van der Waals surface area (Å²) in [6.07, 6.45) is 0. The van der Waals surface area contributed by atoms with E-state index >= 15 is 0 Å². The van der Waals surface area contributed by atoms with Crippen molar-refractivity contribution in [3.63, 3.8) is 0 Å². The number of hydrogen-bond donors (Lipinski definition) is 1. The van der Waals surface area contributed by atoms with Crippen molar-refractivity contribution in [1.29, 1.82) is 0 Å². The van der Waals surface area contributed by atoms with Gasteiger partial charge >= 0.3 is 0 Å². The zero-order chi connectivity index (χ0) is 19.4. The summed E-state index contributed by atoms with van der Waals surface area (Å²) in [6, 6.07) is 9.82. The largest absolute Gasteiger partial charge is 0.496 e.